The molecular weight excluding hydrogens is 295 g/mol. The normalized spacial score (nSPS) is 12.7. The fourth-order valence-corrected chi connectivity index (χ4v) is 2.02. The Balaban J connectivity index is 2.17. The molecule has 2 rings (SSSR count). The predicted octanol–water partition coefficient (Wildman–Crippen LogP) is 2.46. The number of rotatable bonds is 5. The number of aryl methyl sites for hydroxylation is 1. The highest BCUT2D eigenvalue weighted by Crippen LogP contribution is 2.30. The van der Waals surface area contributed by atoms with Crippen LogP contribution in [0, 0.1) is 5.82 Å². The first kappa shape index (κ1) is 14.6. The summed E-state index contributed by atoms with van der Waals surface area (Å²) in [4.78, 5) is 0. The number of aromatic nitrogens is 4. The van der Waals surface area contributed by atoms with Crippen LogP contribution in [0.2, 0.25) is 5.02 Å². The molecule has 0 amide bonds. The third kappa shape index (κ3) is 3.19. The van der Waals surface area contributed by atoms with E-state index in [1.165, 1.54) is 10.7 Å². The molecule has 0 bridgehead atoms. The molecule has 0 saturated carbocycles. The molecule has 0 spiro atoms. The molecule has 5 nitrogen and oxygen atoms in total. The van der Waals surface area contributed by atoms with E-state index in [1.54, 1.807) is 7.05 Å². The Morgan fingerprint density at radius 2 is 2.15 bits per heavy atom. The van der Waals surface area contributed by atoms with Crippen LogP contribution >= 0.6 is 11.6 Å². The Morgan fingerprint density at radius 1 is 1.40 bits per heavy atom. The van der Waals surface area contributed by atoms with Crippen molar-refractivity contribution in [2.24, 2.45) is 7.05 Å². The van der Waals surface area contributed by atoms with E-state index < -0.39 is 18.2 Å². The van der Waals surface area contributed by atoms with E-state index in [0.717, 1.165) is 12.1 Å². The molecule has 1 heterocycles. The summed E-state index contributed by atoms with van der Waals surface area (Å²) in [5.41, 5.74) is 0.172. The van der Waals surface area contributed by atoms with Gasteiger partial charge in [0, 0.05) is 18.6 Å². The lowest BCUT2D eigenvalue weighted by Crippen LogP contribution is -2.21. The van der Waals surface area contributed by atoms with Gasteiger partial charge in [-0.05, 0) is 28.1 Å². The quantitative estimate of drug-likeness (QED) is 0.922. The molecule has 0 radical (unpaired) electrons. The number of alkyl halides is 2. The van der Waals surface area contributed by atoms with Crippen LogP contribution < -0.4 is 5.32 Å². The molecule has 1 aromatic carbocycles. The number of hydrogen-bond acceptors (Lipinski definition) is 4. The zero-order valence-corrected chi connectivity index (χ0v) is 11.2. The van der Waals surface area contributed by atoms with E-state index in [0.29, 0.717) is 0 Å². The van der Waals surface area contributed by atoms with Gasteiger partial charge in [-0.2, -0.15) is 0 Å². The number of halogens is 4. The van der Waals surface area contributed by atoms with Crippen LogP contribution in [0.25, 0.3) is 0 Å². The molecule has 0 fully saturated rings. The summed E-state index contributed by atoms with van der Waals surface area (Å²) in [6.07, 6.45) is -2.66. The fraction of sp³-hybridized carbons (Fsp3) is 0.364. The fourth-order valence-electron chi connectivity index (χ4n) is 1.72. The average molecular weight is 306 g/mol. The lowest BCUT2D eigenvalue weighted by atomic mass is 9.99. The number of benzene rings is 1. The summed E-state index contributed by atoms with van der Waals surface area (Å²) in [6.45, 7) is -0.128. The van der Waals surface area contributed by atoms with Gasteiger partial charge in [0.2, 0.25) is 12.4 Å². The second-order valence-corrected chi connectivity index (χ2v) is 4.52. The zero-order valence-electron chi connectivity index (χ0n) is 10.4. The number of tetrazole rings is 1. The lowest BCUT2D eigenvalue weighted by Gasteiger charge is -2.18. The number of nitrogens with zero attached hydrogens (tertiary/aromatic N) is 4. The lowest BCUT2D eigenvalue weighted by molar-refractivity contribution is 0.118. The van der Waals surface area contributed by atoms with Crippen LogP contribution in [-0.4, -0.2) is 33.2 Å². The average Bonchev–Trinajstić information content (AvgIpc) is 2.77. The molecule has 0 saturated heterocycles. The molecule has 9 heteroatoms. The molecule has 1 N–H and O–H groups in total. The number of nitrogens with one attached hydrogen (secondary N) is 1. The van der Waals surface area contributed by atoms with Crippen LogP contribution in [-0.2, 0) is 7.05 Å². The van der Waals surface area contributed by atoms with Gasteiger partial charge in [0.05, 0.1) is 5.92 Å². The summed E-state index contributed by atoms with van der Waals surface area (Å²) < 4.78 is 40.6. The Kier molecular flexibility index (Phi) is 4.43. The molecule has 20 heavy (non-hydrogen) atoms. The van der Waals surface area contributed by atoms with Crippen LogP contribution in [0.5, 0.6) is 0 Å². The van der Waals surface area contributed by atoms with Gasteiger partial charge in [-0.1, -0.05) is 22.8 Å². The minimum Gasteiger partial charge on any atom is -0.352 e. The maximum absolute atomic E-state index is 13.1. The molecule has 108 valence electrons. The number of anilines is 1. The standard InChI is InChI=1S/C11H11ClF3N5/c1-20-11(17-18-19-20)16-5-8(10(14)15)7-3-2-6(13)4-9(7)12/h2-4,8,10H,5H2,1H3,(H,16,17,19). The van der Waals surface area contributed by atoms with Crippen LogP contribution in [0.15, 0.2) is 18.2 Å². The minimum absolute atomic E-state index is 0.0341. The molecule has 0 aliphatic heterocycles. The largest absolute Gasteiger partial charge is 0.352 e. The van der Waals surface area contributed by atoms with E-state index in [-0.39, 0.29) is 23.1 Å². The smallest absolute Gasteiger partial charge is 0.247 e. The Morgan fingerprint density at radius 3 is 2.70 bits per heavy atom. The van der Waals surface area contributed by atoms with Gasteiger partial charge in [0.25, 0.3) is 0 Å². The van der Waals surface area contributed by atoms with Crippen LogP contribution in [0.3, 0.4) is 0 Å². The topological polar surface area (TPSA) is 55.6 Å². The highest BCUT2D eigenvalue weighted by atomic mass is 35.5. The Labute approximate surface area is 117 Å². The summed E-state index contributed by atoms with van der Waals surface area (Å²) in [5, 5.41) is 13.3. The first-order chi connectivity index (χ1) is 9.49. The van der Waals surface area contributed by atoms with Crippen molar-refractivity contribution in [2.45, 2.75) is 12.3 Å². The third-order valence-corrected chi connectivity index (χ3v) is 3.09. The molecule has 1 aromatic heterocycles. The Bertz CT molecular complexity index is 589. The minimum atomic E-state index is -2.66. The third-order valence-electron chi connectivity index (χ3n) is 2.77. The Hall–Kier alpha value is -1.83. The van der Waals surface area contributed by atoms with E-state index in [4.69, 9.17) is 11.6 Å². The van der Waals surface area contributed by atoms with Crippen molar-refractivity contribution in [3.05, 3.63) is 34.6 Å². The second-order valence-electron chi connectivity index (χ2n) is 4.11. The van der Waals surface area contributed by atoms with E-state index >= 15 is 0 Å². The van der Waals surface area contributed by atoms with Crippen LogP contribution in [0.4, 0.5) is 19.1 Å². The molecule has 0 aliphatic carbocycles. The molecule has 0 aliphatic rings. The SMILES string of the molecule is Cn1nnnc1NCC(c1ccc(F)cc1Cl)C(F)F. The van der Waals surface area contributed by atoms with Crippen molar-refractivity contribution in [3.8, 4) is 0 Å². The van der Waals surface area contributed by atoms with Crippen molar-refractivity contribution >= 4 is 17.5 Å². The van der Waals surface area contributed by atoms with Gasteiger partial charge in [0.15, 0.2) is 0 Å². The first-order valence-electron chi connectivity index (χ1n) is 5.68. The predicted molar refractivity (Wildman–Crippen MR) is 67.4 cm³/mol. The van der Waals surface area contributed by atoms with Crippen molar-refractivity contribution in [3.63, 3.8) is 0 Å². The summed E-state index contributed by atoms with van der Waals surface area (Å²) in [5.74, 6) is -1.51. The van der Waals surface area contributed by atoms with E-state index in [9.17, 15) is 13.2 Å². The molecule has 2 aromatic rings. The summed E-state index contributed by atoms with van der Waals surface area (Å²) >= 11 is 5.81. The highest BCUT2D eigenvalue weighted by Gasteiger charge is 2.25. The molecule has 1 unspecified atom stereocenters. The first-order valence-corrected chi connectivity index (χ1v) is 6.06. The maximum Gasteiger partial charge on any atom is 0.247 e. The monoisotopic (exact) mass is 305 g/mol. The highest BCUT2D eigenvalue weighted by molar-refractivity contribution is 6.31. The molecular formula is C11H11ClF3N5. The van der Waals surface area contributed by atoms with Gasteiger partial charge in [0.1, 0.15) is 5.82 Å². The van der Waals surface area contributed by atoms with Crippen molar-refractivity contribution < 1.29 is 13.2 Å². The van der Waals surface area contributed by atoms with Gasteiger partial charge < -0.3 is 5.32 Å². The zero-order chi connectivity index (χ0) is 14.7. The van der Waals surface area contributed by atoms with Gasteiger partial charge >= 0.3 is 0 Å². The van der Waals surface area contributed by atoms with Crippen LogP contribution in [0.1, 0.15) is 11.5 Å². The van der Waals surface area contributed by atoms with Crippen molar-refractivity contribution in [1.29, 1.82) is 0 Å². The van der Waals surface area contributed by atoms with E-state index in [1.807, 2.05) is 0 Å². The summed E-state index contributed by atoms with van der Waals surface area (Å²) in [6, 6.07) is 3.36. The van der Waals surface area contributed by atoms with Crippen molar-refractivity contribution in [2.75, 3.05) is 11.9 Å². The van der Waals surface area contributed by atoms with Crippen molar-refractivity contribution in [1.82, 2.24) is 20.2 Å². The van der Waals surface area contributed by atoms with Gasteiger partial charge in [-0.3, -0.25) is 0 Å². The summed E-state index contributed by atoms with van der Waals surface area (Å²) in [7, 11) is 1.57. The van der Waals surface area contributed by atoms with Gasteiger partial charge in [-0.15, -0.1) is 0 Å². The van der Waals surface area contributed by atoms with E-state index in [2.05, 4.69) is 20.8 Å². The maximum atomic E-state index is 13.1. The van der Waals surface area contributed by atoms with Gasteiger partial charge in [-0.25, -0.2) is 17.9 Å². The molecule has 1 atom stereocenters. The second kappa shape index (κ2) is 6.08. The number of hydrogen-bond donors (Lipinski definition) is 1.